The van der Waals surface area contributed by atoms with Crippen LogP contribution in [0.3, 0.4) is 0 Å². The molecule has 0 bridgehead atoms. The van der Waals surface area contributed by atoms with Crippen LogP contribution in [0.4, 0.5) is 0 Å². The normalized spacial score (nSPS) is 13.8. The van der Waals surface area contributed by atoms with E-state index in [0.717, 1.165) is 32.4 Å². The number of aliphatic carboxylic acids is 1. The third-order valence-corrected chi connectivity index (χ3v) is 16.3. The van der Waals surface area contributed by atoms with Gasteiger partial charge >= 0.3 is 5.97 Å². The molecule has 1 rings (SSSR count). The van der Waals surface area contributed by atoms with Crippen LogP contribution >= 0.6 is 0 Å². The number of piperazine rings is 1. The highest BCUT2D eigenvalue weighted by Gasteiger charge is 2.19. The van der Waals surface area contributed by atoms with Crippen LogP contribution in [0.5, 0.6) is 0 Å². The van der Waals surface area contributed by atoms with Crippen LogP contribution in [-0.4, -0.2) is 134 Å². The van der Waals surface area contributed by atoms with Gasteiger partial charge in [0.05, 0.1) is 0 Å². The molecule has 0 aliphatic carbocycles. The minimum Gasteiger partial charge on any atom is -0.481 e. The molecule has 0 atom stereocenters. The van der Waals surface area contributed by atoms with Gasteiger partial charge in [-0.25, -0.2) is 0 Å². The van der Waals surface area contributed by atoms with Gasteiger partial charge in [-0.1, -0.05) is 265 Å². The van der Waals surface area contributed by atoms with E-state index in [1.165, 1.54) is 342 Å². The predicted octanol–water partition coefficient (Wildman–Crippen LogP) is 17.8. The molecule has 0 unspecified atom stereocenters. The zero-order chi connectivity index (χ0) is 51.2. The van der Waals surface area contributed by atoms with E-state index in [1.807, 2.05) is 0 Å². The second kappa shape index (κ2) is 55.5. The molecule has 1 heterocycles. The first-order valence-electron chi connectivity index (χ1n) is 32.9. The predicted molar refractivity (Wildman–Crippen MR) is 316 cm³/mol. The van der Waals surface area contributed by atoms with Gasteiger partial charge in [0.15, 0.2) is 0 Å². The summed E-state index contributed by atoms with van der Waals surface area (Å²) in [6, 6.07) is 0. The highest BCUT2D eigenvalue weighted by molar-refractivity contribution is 5.66. The fraction of sp³-hybridized carbons (Fsp3) is 0.984. The van der Waals surface area contributed by atoms with E-state index >= 15 is 0 Å². The average Bonchev–Trinajstić information content (AvgIpc) is 3.37. The lowest BCUT2D eigenvalue weighted by Crippen LogP contribution is -2.50. The molecule has 0 radical (unpaired) electrons. The Bertz CT molecular complexity index is 1010. The van der Waals surface area contributed by atoms with E-state index in [1.54, 1.807) is 0 Å². The quantitative estimate of drug-likeness (QED) is 0.0609. The van der Waals surface area contributed by atoms with Crippen LogP contribution < -0.4 is 0 Å². The summed E-state index contributed by atoms with van der Waals surface area (Å²) in [6.07, 6.45) is 59.9. The van der Waals surface area contributed by atoms with Crippen molar-refractivity contribution in [3.05, 3.63) is 0 Å². The zero-order valence-corrected chi connectivity index (χ0v) is 49.3. The van der Waals surface area contributed by atoms with E-state index in [9.17, 15) is 4.79 Å². The smallest absolute Gasteiger partial charge is 0.303 e. The summed E-state index contributed by atoms with van der Waals surface area (Å²) in [5.74, 6) is -0.649. The van der Waals surface area contributed by atoms with Crippen molar-refractivity contribution in [2.24, 2.45) is 0 Å². The largest absolute Gasteiger partial charge is 0.481 e. The van der Waals surface area contributed by atoms with Gasteiger partial charge in [0.25, 0.3) is 0 Å². The van der Waals surface area contributed by atoms with Crippen LogP contribution in [-0.2, 0) is 4.79 Å². The molecule has 0 spiro atoms. The maximum atomic E-state index is 11.1. The maximum absolute atomic E-state index is 11.1. The van der Waals surface area contributed by atoms with Crippen molar-refractivity contribution in [2.75, 3.05) is 98.2 Å². The van der Waals surface area contributed by atoms with Gasteiger partial charge in [-0.15, -0.1) is 0 Å². The SMILES string of the molecule is CCCCCCCCCCCCN(CCCCCCCCCCCC)CCN(CCCCCCCCCCCC)CCN1CCN(CCN(CCCCCCCCCCCC)CCCCCC(=O)O)CC1. The van der Waals surface area contributed by atoms with E-state index < -0.39 is 5.97 Å². The molecular formula is C64H131N5O2. The third kappa shape index (κ3) is 48.6. The van der Waals surface area contributed by atoms with Crippen molar-refractivity contribution in [1.29, 1.82) is 0 Å². The second-order valence-corrected chi connectivity index (χ2v) is 23.1. The monoisotopic (exact) mass is 1000 g/mol. The fourth-order valence-corrected chi connectivity index (χ4v) is 11.2. The molecule has 1 N–H and O–H groups in total. The molecule has 7 nitrogen and oxygen atoms in total. The second-order valence-electron chi connectivity index (χ2n) is 23.1. The summed E-state index contributed by atoms with van der Waals surface area (Å²) in [7, 11) is 0. The Labute approximate surface area is 446 Å². The molecule has 0 saturated carbocycles. The summed E-state index contributed by atoms with van der Waals surface area (Å²) in [6.45, 7) is 27.7. The van der Waals surface area contributed by atoms with Crippen molar-refractivity contribution in [2.45, 2.75) is 310 Å². The van der Waals surface area contributed by atoms with Crippen molar-refractivity contribution in [3.8, 4) is 0 Å². The Hall–Kier alpha value is -0.730. The van der Waals surface area contributed by atoms with E-state index in [-0.39, 0.29) is 0 Å². The van der Waals surface area contributed by atoms with E-state index in [4.69, 9.17) is 5.11 Å². The molecule has 0 aromatic rings. The van der Waals surface area contributed by atoms with Crippen LogP contribution in [0.2, 0.25) is 0 Å². The van der Waals surface area contributed by atoms with Crippen LogP contribution in [0.25, 0.3) is 0 Å². The van der Waals surface area contributed by atoms with Crippen molar-refractivity contribution < 1.29 is 9.90 Å². The molecule has 71 heavy (non-hydrogen) atoms. The first-order valence-corrected chi connectivity index (χ1v) is 32.9. The van der Waals surface area contributed by atoms with Gasteiger partial charge in [-0.2, -0.15) is 0 Å². The standard InChI is InChI=1S/C64H131N5O2/c1-5-9-13-17-21-25-29-33-37-43-49-65(50-44-38-34-30-26-22-18-14-10-6-2)54-56-67(53-46-40-36-32-28-24-20-16-12-8-4)57-59-69-62-60-68(61-63-69)58-55-66(52-47-41-42-48-64(70)71)51-45-39-35-31-27-23-19-15-11-7-3/h5-63H2,1-4H3,(H,70,71). The van der Waals surface area contributed by atoms with Crippen LogP contribution in [0.15, 0.2) is 0 Å². The molecule has 0 amide bonds. The third-order valence-electron chi connectivity index (χ3n) is 16.3. The Morgan fingerprint density at radius 2 is 0.479 bits per heavy atom. The van der Waals surface area contributed by atoms with Crippen molar-refractivity contribution in [3.63, 3.8) is 0 Å². The highest BCUT2D eigenvalue weighted by atomic mass is 16.4. The summed E-state index contributed by atoms with van der Waals surface area (Å²) >= 11 is 0. The first-order chi connectivity index (χ1) is 35.0. The lowest BCUT2D eigenvalue weighted by atomic mass is 10.1. The van der Waals surface area contributed by atoms with Gasteiger partial charge in [0, 0.05) is 71.9 Å². The summed E-state index contributed by atoms with van der Waals surface area (Å²) in [5, 5.41) is 9.14. The number of unbranched alkanes of at least 4 members (excludes halogenated alkanes) is 38. The number of carboxylic acids is 1. The lowest BCUT2D eigenvalue weighted by Gasteiger charge is -2.37. The van der Waals surface area contributed by atoms with Crippen LogP contribution in [0, 0.1) is 0 Å². The molecule has 1 aliphatic rings. The Morgan fingerprint density at radius 1 is 0.282 bits per heavy atom. The summed E-state index contributed by atoms with van der Waals surface area (Å²) in [4.78, 5) is 25.1. The van der Waals surface area contributed by atoms with Gasteiger partial charge < -0.3 is 19.8 Å². The first kappa shape index (κ1) is 68.3. The number of carboxylic acid groups (broad SMARTS) is 1. The average molecular weight is 1000 g/mol. The number of carbonyl (C=O) groups is 1. The van der Waals surface area contributed by atoms with Gasteiger partial charge in [-0.05, 0) is 71.2 Å². The Balaban J connectivity index is 2.70. The van der Waals surface area contributed by atoms with Gasteiger partial charge in [0.2, 0.25) is 0 Å². The highest BCUT2D eigenvalue weighted by Crippen LogP contribution is 2.16. The fourth-order valence-electron chi connectivity index (χ4n) is 11.2. The molecule has 1 saturated heterocycles. The number of rotatable bonds is 59. The molecular weight excluding hydrogens is 871 g/mol. The number of hydrogen-bond acceptors (Lipinski definition) is 6. The zero-order valence-electron chi connectivity index (χ0n) is 49.3. The Kier molecular flexibility index (Phi) is 53.4. The topological polar surface area (TPSA) is 53.5 Å². The van der Waals surface area contributed by atoms with Gasteiger partial charge in [-0.3, -0.25) is 14.6 Å². The molecule has 7 heteroatoms. The maximum Gasteiger partial charge on any atom is 0.303 e. The molecule has 424 valence electrons. The molecule has 1 aliphatic heterocycles. The summed E-state index contributed by atoms with van der Waals surface area (Å²) in [5.41, 5.74) is 0. The van der Waals surface area contributed by atoms with E-state index in [0.29, 0.717) is 6.42 Å². The number of nitrogens with zero attached hydrogens (tertiary/aromatic N) is 5. The van der Waals surface area contributed by atoms with E-state index in [2.05, 4.69) is 52.2 Å². The minimum atomic E-state index is -0.649. The Morgan fingerprint density at radius 3 is 0.718 bits per heavy atom. The number of hydrogen-bond donors (Lipinski definition) is 1. The lowest BCUT2D eigenvalue weighted by molar-refractivity contribution is -0.137. The molecule has 1 fully saturated rings. The molecule has 0 aromatic carbocycles. The summed E-state index contributed by atoms with van der Waals surface area (Å²) < 4.78 is 0. The van der Waals surface area contributed by atoms with Gasteiger partial charge in [0.1, 0.15) is 0 Å². The van der Waals surface area contributed by atoms with Crippen molar-refractivity contribution >= 4 is 5.97 Å². The van der Waals surface area contributed by atoms with Crippen molar-refractivity contribution in [1.82, 2.24) is 24.5 Å². The molecule has 0 aromatic heterocycles. The minimum absolute atomic E-state index is 0.317. The van der Waals surface area contributed by atoms with Crippen LogP contribution in [0.1, 0.15) is 310 Å².